The van der Waals surface area contributed by atoms with E-state index in [0.717, 1.165) is 6.07 Å². The summed E-state index contributed by atoms with van der Waals surface area (Å²) in [6.07, 6.45) is -1.51. The molecular formula is C20H19F3N6O. The van der Waals surface area contributed by atoms with E-state index < -0.39 is 29.9 Å². The third-order valence-electron chi connectivity index (χ3n) is 4.86. The molecule has 0 saturated heterocycles. The van der Waals surface area contributed by atoms with Gasteiger partial charge in [0.1, 0.15) is 11.9 Å². The normalized spacial score (nSPS) is 20.8. The maximum absolute atomic E-state index is 13.4. The number of benzene rings is 1. The minimum Gasteiger partial charge on any atom is -0.363 e. The van der Waals surface area contributed by atoms with Crippen LogP contribution in [0.4, 0.5) is 19.0 Å². The van der Waals surface area contributed by atoms with Gasteiger partial charge in [0.25, 0.3) is 5.91 Å². The zero-order valence-corrected chi connectivity index (χ0v) is 16.2. The Morgan fingerprint density at radius 2 is 1.87 bits per heavy atom. The molecule has 0 spiro atoms. The molecule has 10 heteroatoms. The number of nitrogens with zero attached hydrogens (tertiary/aromatic N) is 3. The summed E-state index contributed by atoms with van der Waals surface area (Å²) in [7, 11) is 0. The summed E-state index contributed by atoms with van der Waals surface area (Å²) in [5.41, 5.74) is 3.94. The van der Waals surface area contributed by atoms with Gasteiger partial charge in [0.05, 0.1) is 17.3 Å². The molecule has 4 rings (SSSR count). The minimum absolute atomic E-state index is 0.0772. The van der Waals surface area contributed by atoms with Crippen LogP contribution in [0.2, 0.25) is 0 Å². The number of carbonyl (C=O) groups excluding carboxylic acids is 1. The van der Waals surface area contributed by atoms with E-state index in [1.807, 2.05) is 0 Å². The summed E-state index contributed by atoms with van der Waals surface area (Å²) in [5.74, 6) is -0.174. The molecule has 30 heavy (non-hydrogen) atoms. The molecule has 0 radical (unpaired) electrons. The van der Waals surface area contributed by atoms with Gasteiger partial charge in [-0.25, -0.2) is 5.43 Å². The number of aryl methyl sites for hydroxylation is 1. The van der Waals surface area contributed by atoms with Crippen molar-refractivity contribution in [3.8, 4) is 0 Å². The zero-order chi connectivity index (χ0) is 21.5. The fourth-order valence-corrected chi connectivity index (χ4v) is 3.48. The number of hydrogen-bond acceptors (Lipinski definition) is 6. The quantitative estimate of drug-likeness (QED) is 0.668. The molecule has 3 N–H and O–H groups in total. The molecule has 0 aliphatic carbocycles. The summed E-state index contributed by atoms with van der Waals surface area (Å²) >= 11 is 0. The summed E-state index contributed by atoms with van der Waals surface area (Å²) in [6.45, 7) is 3.50. The molecule has 2 unspecified atom stereocenters. The van der Waals surface area contributed by atoms with Crippen LogP contribution in [0.3, 0.4) is 0 Å². The Balaban J connectivity index is 1.59. The first-order chi connectivity index (χ1) is 14.2. The predicted octanol–water partition coefficient (Wildman–Crippen LogP) is 3.02. The molecule has 3 heterocycles. The summed E-state index contributed by atoms with van der Waals surface area (Å²) in [4.78, 5) is 12.9. The van der Waals surface area contributed by atoms with E-state index in [9.17, 15) is 18.0 Å². The number of allylic oxidation sites excluding steroid dienone is 1. The van der Waals surface area contributed by atoms with E-state index in [0.29, 0.717) is 11.4 Å². The van der Waals surface area contributed by atoms with Gasteiger partial charge in [0.15, 0.2) is 5.82 Å². The van der Waals surface area contributed by atoms with Crippen LogP contribution in [0.15, 0.2) is 59.9 Å². The number of rotatable bonds is 3. The lowest BCUT2D eigenvalue weighted by Gasteiger charge is -2.35. The van der Waals surface area contributed by atoms with Gasteiger partial charge in [-0.15, -0.1) is 5.10 Å². The van der Waals surface area contributed by atoms with Crippen molar-refractivity contribution in [1.29, 1.82) is 0 Å². The molecule has 1 aromatic carbocycles. The number of anilines is 1. The molecular weight excluding hydrogens is 397 g/mol. The van der Waals surface area contributed by atoms with Crippen molar-refractivity contribution in [2.45, 2.75) is 32.2 Å². The van der Waals surface area contributed by atoms with Crippen molar-refractivity contribution in [1.82, 2.24) is 25.9 Å². The van der Waals surface area contributed by atoms with Crippen LogP contribution in [0.25, 0.3) is 0 Å². The highest BCUT2D eigenvalue weighted by molar-refractivity contribution is 6.03. The standard InChI is InChI=1S/C20H19F3N6O/c1-11-7-9-16(27-26-11)25-19(30)18-12(2)24-17-10-8-15(28-29(17)18)13-5-3-4-6-14(13)20(21,22)23/h3-10,15,17,24,28H,1-2H3,(H,25,27,30). The molecule has 1 amide bonds. The van der Waals surface area contributed by atoms with E-state index >= 15 is 0 Å². The topological polar surface area (TPSA) is 82.2 Å². The fourth-order valence-electron chi connectivity index (χ4n) is 3.48. The molecule has 156 valence electrons. The van der Waals surface area contributed by atoms with Gasteiger partial charge in [0, 0.05) is 5.70 Å². The Kier molecular flexibility index (Phi) is 4.94. The molecule has 2 aromatic rings. The van der Waals surface area contributed by atoms with E-state index in [1.54, 1.807) is 44.2 Å². The van der Waals surface area contributed by atoms with Gasteiger partial charge in [-0.2, -0.15) is 18.3 Å². The number of fused-ring (bicyclic) bond motifs is 1. The van der Waals surface area contributed by atoms with Crippen LogP contribution in [0.5, 0.6) is 0 Å². The first kappa shape index (κ1) is 19.9. The van der Waals surface area contributed by atoms with Crippen molar-refractivity contribution in [2.75, 3.05) is 5.32 Å². The smallest absolute Gasteiger partial charge is 0.363 e. The average Bonchev–Trinajstić information content (AvgIpc) is 3.04. The molecule has 2 atom stereocenters. The van der Waals surface area contributed by atoms with Gasteiger partial charge in [-0.3, -0.25) is 9.80 Å². The minimum atomic E-state index is -4.48. The number of amides is 1. The highest BCUT2D eigenvalue weighted by Gasteiger charge is 2.39. The van der Waals surface area contributed by atoms with E-state index in [-0.39, 0.29) is 17.1 Å². The van der Waals surface area contributed by atoms with E-state index in [1.165, 1.54) is 17.1 Å². The van der Waals surface area contributed by atoms with Gasteiger partial charge < -0.3 is 10.6 Å². The summed E-state index contributed by atoms with van der Waals surface area (Å²) < 4.78 is 40.3. The first-order valence-electron chi connectivity index (χ1n) is 9.23. The Hall–Kier alpha value is -3.40. The number of hydrogen-bond donors (Lipinski definition) is 3. The Bertz CT molecular complexity index is 1030. The van der Waals surface area contributed by atoms with Crippen molar-refractivity contribution in [3.05, 3.63) is 76.8 Å². The lowest BCUT2D eigenvalue weighted by molar-refractivity contribution is -0.138. The van der Waals surface area contributed by atoms with Gasteiger partial charge >= 0.3 is 6.18 Å². The lowest BCUT2D eigenvalue weighted by Crippen LogP contribution is -2.50. The van der Waals surface area contributed by atoms with Gasteiger partial charge in [-0.1, -0.05) is 24.3 Å². The highest BCUT2D eigenvalue weighted by Crippen LogP contribution is 2.36. The van der Waals surface area contributed by atoms with Crippen LogP contribution in [-0.2, 0) is 11.0 Å². The third kappa shape index (κ3) is 3.73. The molecule has 0 bridgehead atoms. The average molecular weight is 416 g/mol. The number of alkyl halides is 3. The number of halogens is 3. The highest BCUT2D eigenvalue weighted by atomic mass is 19.4. The molecule has 1 aromatic heterocycles. The number of carbonyl (C=O) groups is 1. The summed E-state index contributed by atoms with van der Waals surface area (Å²) in [5, 5.41) is 15.2. The maximum atomic E-state index is 13.4. The SMILES string of the molecule is CC1=C(C(=O)Nc2ccc(C)nn2)N2NC(c3ccccc3C(F)(F)F)C=CC2N1. The zero-order valence-electron chi connectivity index (χ0n) is 16.2. The van der Waals surface area contributed by atoms with Crippen molar-refractivity contribution in [2.24, 2.45) is 0 Å². The monoisotopic (exact) mass is 416 g/mol. The fraction of sp³-hybridized carbons (Fsp3) is 0.250. The molecule has 0 fully saturated rings. The molecule has 0 saturated carbocycles. The van der Waals surface area contributed by atoms with Crippen LogP contribution in [-0.4, -0.2) is 27.3 Å². The Morgan fingerprint density at radius 3 is 2.57 bits per heavy atom. The van der Waals surface area contributed by atoms with E-state index in [4.69, 9.17) is 0 Å². The van der Waals surface area contributed by atoms with Crippen LogP contribution >= 0.6 is 0 Å². The van der Waals surface area contributed by atoms with Gasteiger partial charge in [0.2, 0.25) is 0 Å². The van der Waals surface area contributed by atoms with Crippen LogP contribution in [0.1, 0.15) is 29.8 Å². The second kappa shape index (κ2) is 7.45. The van der Waals surface area contributed by atoms with Crippen LogP contribution < -0.4 is 16.1 Å². The number of aromatic nitrogens is 2. The number of hydrazine groups is 1. The molecule has 2 aliphatic heterocycles. The van der Waals surface area contributed by atoms with E-state index in [2.05, 4.69) is 26.3 Å². The molecule has 2 aliphatic rings. The predicted molar refractivity (Wildman–Crippen MR) is 103 cm³/mol. The lowest BCUT2D eigenvalue weighted by atomic mass is 9.99. The van der Waals surface area contributed by atoms with Crippen molar-refractivity contribution >= 4 is 11.7 Å². The van der Waals surface area contributed by atoms with Gasteiger partial charge in [-0.05, 0) is 43.7 Å². The largest absolute Gasteiger partial charge is 0.416 e. The Labute approximate surface area is 170 Å². The maximum Gasteiger partial charge on any atom is 0.416 e. The second-order valence-electron chi connectivity index (χ2n) is 7.02. The van der Waals surface area contributed by atoms with Crippen LogP contribution in [0, 0.1) is 6.92 Å². The summed E-state index contributed by atoms with van der Waals surface area (Å²) in [6, 6.07) is 7.96. The molecule has 7 nitrogen and oxygen atoms in total. The van der Waals surface area contributed by atoms with Crippen molar-refractivity contribution < 1.29 is 18.0 Å². The third-order valence-corrected chi connectivity index (χ3v) is 4.86. The first-order valence-corrected chi connectivity index (χ1v) is 9.23. The number of nitrogens with one attached hydrogen (secondary N) is 3. The van der Waals surface area contributed by atoms with Crippen molar-refractivity contribution in [3.63, 3.8) is 0 Å². The second-order valence-corrected chi connectivity index (χ2v) is 7.02. The Morgan fingerprint density at radius 1 is 1.10 bits per heavy atom.